The Morgan fingerprint density at radius 2 is 1.83 bits per heavy atom. The minimum atomic E-state index is -0.848. The van der Waals surface area contributed by atoms with Crippen LogP contribution in [0.5, 0.6) is 11.5 Å². The molecule has 1 aliphatic heterocycles. The van der Waals surface area contributed by atoms with Crippen molar-refractivity contribution in [1.82, 2.24) is 9.88 Å². The van der Waals surface area contributed by atoms with E-state index < -0.39 is 12.0 Å². The van der Waals surface area contributed by atoms with Gasteiger partial charge in [-0.2, -0.15) is 0 Å². The largest absolute Gasteiger partial charge is 0.497 e. The van der Waals surface area contributed by atoms with Crippen LogP contribution in [0.2, 0.25) is 0 Å². The molecule has 2 N–H and O–H groups in total. The number of H-pyrrole nitrogens is 1. The molecule has 7 heteroatoms. The molecule has 1 aromatic heterocycles. The van der Waals surface area contributed by atoms with Gasteiger partial charge in [-0.05, 0) is 30.3 Å². The third-order valence-electron chi connectivity index (χ3n) is 5.55. The number of methoxy groups -OCH3 is 2. The summed E-state index contributed by atoms with van der Waals surface area (Å²) in [5.41, 5.74) is 2.70. The van der Waals surface area contributed by atoms with Crippen molar-refractivity contribution in [3.8, 4) is 11.5 Å². The summed E-state index contributed by atoms with van der Waals surface area (Å²) >= 11 is 0. The molecule has 1 atom stereocenters. The number of piperazine rings is 1. The molecular formula is C22H25N3O4. The van der Waals surface area contributed by atoms with Crippen LogP contribution in [0.3, 0.4) is 0 Å². The summed E-state index contributed by atoms with van der Waals surface area (Å²) in [7, 11) is 3.28. The molecular weight excluding hydrogens is 370 g/mol. The molecule has 3 aromatic rings. The van der Waals surface area contributed by atoms with Gasteiger partial charge in [-0.3, -0.25) is 9.69 Å². The van der Waals surface area contributed by atoms with Gasteiger partial charge in [0.2, 0.25) is 0 Å². The van der Waals surface area contributed by atoms with Crippen LogP contribution in [0.1, 0.15) is 11.6 Å². The molecule has 4 rings (SSSR count). The molecule has 29 heavy (non-hydrogen) atoms. The van der Waals surface area contributed by atoms with Crippen molar-refractivity contribution in [2.75, 3.05) is 45.3 Å². The predicted octanol–water partition coefficient (Wildman–Crippen LogP) is 3.13. The van der Waals surface area contributed by atoms with Crippen LogP contribution in [-0.2, 0) is 4.79 Å². The van der Waals surface area contributed by atoms with Gasteiger partial charge >= 0.3 is 5.97 Å². The van der Waals surface area contributed by atoms with Crippen molar-refractivity contribution in [1.29, 1.82) is 0 Å². The molecule has 152 valence electrons. The number of hydrogen-bond donors (Lipinski definition) is 2. The maximum atomic E-state index is 12.2. The van der Waals surface area contributed by atoms with Gasteiger partial charge in [-0.25, -0.2) is 0 Å². The van der Waals surface area contributed by atoms with E-state index in [1.165, 1.54) is 0 Å². The van der Waals surface area contributed by atoms with Gasteiger partial charge < -0.3 is 24.5 Å². The molecule has 0 radical (unpaired) electrons. The summed E-state index contributed by atoms with van der Waals surface area (Å²) in [6.45, 7) is 2.75. The summed E-state index contributed by atoms with van der Waals surface area (Å²) in [5, 5.41) is 10.9. The normalized spacial score (nSPS) is 16.0. The highest BCUT2D eigenvalue weighted by Crippen LogP contribution is 2.33. The Kier molecular flexibility index (Phi) is 5.31. The van der Waals surface area contributed by atoms with Gasteiger partial charge in [0.25, 0.3) is 0 Å². The van der Waals surface area contributed by atoms with Crippen molar-refractivity contribution < 1.29 is 19.4 Å². The topological polar surface area (TPSA) is 78.0 Å². The monoisotopic (exact) mass is 395 g/mol. The fourth-order valence-corrected chi connectivity index (χ4v) is 4.07. The minimum absolute atomic E-state index is 0.645. The molecule has 7 nitrogen and oxygen atoms in total. The zero-order chi connectivity index (χ0) is 20.4. The lowest BCUT2D eigenvalue weighted by molar-refractivity contribution is -0.143. The van der Waals surface area contributed by atoms with Gasteiger partial charge in [0.1, 0.15) is 17.5 Å². The van der Waals surface area contributed by atoms with Crippen molar-refractivity contribution in [2.24, 2.45) is 0 Å². The summed E-state index contributed by atoms with van der Waals surface area (Å²) < 4.78 is 10.8. The Morgan fingerprint density at radius 3 is 2.52 bits per heavy atom. The number of nitrogens with zero attached hydrogens (tertiary/aromatic N) is 2. The standard InChI is InChI=1S/C22H25N3O4/c1-28-15-7-8-18-16(13-15)17(14-23-18)21(22(26)27)25-11-9-24(10-12-25)19-5-3-4-6-20(19)29-2/h3-8,13-14,21,23H,9-12H2,1-2H3,(H,26,27)/t21-/m1/s1. The van der Waals surface area contributed by atoms with Crippen molar-refractivity contribution in [3.05, 3.63) is 54.2 Å². The number of carbonyl (C=O) groups is 1. The van der Waals surface area contributed by atoms with Crippen molar-refractivity contribution >= 4 is 22.6 Å². The summed E-state index contributed by atoms with van der Waals surface area (Å²) in [6, 6.07) is 12.9. The van der Waals surface area contributed by atoms with Gasteiger partial charge in [-0.1, -0.05) is 12.1 Å². The molecule has 1 aliphatic rings. The highest BCUT2D eigenvalue weighted by molar-refractivity contribution is 5.90. The van der Waals surface area contributed by atoms with E-state index in [2.05, 4.69) is 9.88 Å². The molecule has 2 aromatic carbocycles. The number of anilines is 1. The van der Waals surface area contributed by atoms with Crippen LogP contribution >= 0.6 is 0 Å². The number of hydrogen-bond acceptors (Lipinski definition) is 5. The first-order valence-corrected chi connectivity index (χ1v) is 9.62. The number of para-hydroxylation sites is 2. The quantitative estimate of drug-likeness (QED) is 0.668. The number of ether oxygens (including phenoxy) is 2. The second-order valence-electron chi connectivity index (χ2n) is 7.09. The summed E-state index contributed by atoms with van der Waals surface area (Å²) in [6.07, 6.45) is 1.80. The molecule has 0 amide bonds. The second kappa shape index (κ2) is 8.05. The van der Waals surface area contributed by atoms with Gasteiger partial charge in [0, 0.05) is 48.8 Å². The highest BCUT2D eigenvalue weighted by Gasteiger charge is 2.32. The van der Waals surface area contributed by atoms with Gasteiger partial charge in [0.05, 0.1) is 19.9 Å². The molecule has 0 saturated carbocycles. The number of carboxylic acids is 1. The molecule has 2 heterocycles. The van der Waals surface area contributed by atoms with Crippen LogP contribution in [0.25, 0.3) is 10.9 Å². The summed E-state index contributed by atoms with van der Waals surface area (Å²) in [5.74, 6) is 0.697. The number of nitrogens with one attached hydrogen (secondary N) is 1. The number of fused-ring (bicyclic) bond motifs is 1. The smallest absolute Gasteiger partial charge is 0.325 e. The number of aliphatic carboxylic acids is 1. The third-order valence-corrected chi connectivity index (χ3v) is 5.55. The van der Waals surface area contributed by atoms with Crippen LogP contribution in [0.4, 0.5) is 5.69 Å². The van der Waals surface area contributed by atoms with Gasteiger partial charge in [-0.15, -0.1) is 0 Å². The minimum Gasteiger partial charge on any atom is -0.497 e. The number of benzene rings is 2. The average molecular weight is 395 g/mol. The van der Waals surface area contributed by atoms with Crippen LogP contribution in [0, 0.1) is 0 Å². The zero-order valence-corrected chi connectivity index (χ0v) is 16.6. The molecule has 1 fully saturated rings. The maximum absolute atomic E-state index is 12.2. The Bertz CT molecular complexity index is 1010. The fourth-order valence-electron chi connectivity index (χ4n) is 4.07. The first-order valence-electron chi connectivity index (χ1n) is 9.62. The van der Waals surface area contributed by atoms with Crippen LogP contribution < -0.4 is 14.4 Å². The Balaban J connectivity index is 1.58. The molecule has 0 bridgehead atoms. The Hall–Kier alpha value is -3.19. The van der Waals surface area contributed by atoms with E-state index in [4.69, 9.17) is 9.47 Å². The van der Waals surface area contributed by atoms with E-state index in [-0.39, 0.29) is 0 Å². The van der Waals surface area contributed by atoms with Crippen molar-refractivity contribution in [3.63, 3.8) is 0 Å². The van der Waals surface area contributed by atoms with E-state index in [9.17, 15) is 9.90 Å². The van der Waals surface area contributed by atoms with E-state index >= 15 is 0 Å². The van der Waals surface area contributed by atoms with E-state index in [1.54, 1.807) is 20.4 Å². The number of rotatable bonds is 6. The maximum Gasteiger partial charge on any atom is 0.325 e. The number of aromatic amines is 1. The summed E-state index contributed by atoms with van der Waals surface area (Å²) in [4.78, 5) is 19.7. The van der Waals surface area contributed by atoms with E-state index in [0.717, 1.165) is 41.0 Å². The lowest BCUT2D eigenvalue weighted by atomic mass is 10.0. The van der Waals surface area contributed by atoms with Gasteiger partial charge in [0.15, 0.2) is 0 Å². The van der Waals surface area contributed by atoms with Crippen LogP contribution in [0.15, 0.2) is 48.7 Å². The lowest BCUT2D eigenvalue weighted by Gasteiger charge is -2.39. The first-order chi connectivity index (χ1) is 14.1. The zero-order valence-electron chi connectivity index (χ0n) is 16.6. The lowest BCUT2D eigenvalue weighted by Crippen LogP contribution is -2.49. The Labute approximate surface area is 169 Å². The van der Waals surface area contributed by atoms with E-state index in [0.29, 0.717) is 18.8 Å². The molecule has 0 spiro atoms. The number of aromatic nitrogens is 1. The molecule has 0 aliphatic carbocycles. The molecule has 0 unspecified atom stereocenters. The first kappa shape index (κ1) is 19.1. The van der Waals surface area contributed by atoms with Crippen molar-refractivity contribution in [2.45, 2.75) is 6.04 Å². The number of carboxylic acid groups (broad SMARTS) is 1. The fraction of sp³-hybridized carbons (Fsp3) is 0.318. The Morgan fingerprint density at radius 1 is 1.07 bits per heavy atom. The third kappa shape index (κ3) is 3.61. The van der Waals surface area contributed by atoms with Crippen LogP contribution in [-0.4, -0.2) is 61.4 Å². The predicted molar refractivity (Wildman–Crippen MR) is 112 cm³/mol. The highest BCUT2D eigenvalue weighted by atomic mass is 16.5. The van der Waals surface area contributed by atoms with E-state index in [1.807, 2.05) is 47.4 Å². The molecule has 1 saturated heterocycles. The average Bonchev–Trinajstić information content (AvgIpc) is 3.17. The second-order valence-corrected chi connectivity index (χ2v) is 7.09. The SMILES string of the molecule is COc1ccc2[nH]cc([C@H](C(=O)O)N3CCN(c4ccccc4OC)CC3)c2c1.